The van der Waals surface area contributed by atoms with E-state index in [0.29, 0.717) is 11.4 Å². The standard InChI is InChI=1S/C31H34ClN3O5S/c1-3-22(2)33-30(37)27(20-23-11-5-4-6-12-23)34(21-24-13-9-14-25(32)19-24)29(36)17-10-18-35-31(38)26-15-7-8-16-28(26)41(35,39)40/h4-9,11-16,19,22,27H,3,10,17-18,20-21H2,1-2H3,(H,33,37)/t22-,27+/m0/s1. The van der Waals surface area contributed by atoms with Gasteiger partial charge in [0.1, 0.15) is 10.9 Å². The maximum atomic E-state index is 13.8. The minimum absolute atomic E-state index is 0.0245. The molecule has 0 bridgehead atoms. The van der Waals surface area contributed by atoms with Crippen molar-refractivity contribution in [3.8, 4) is 0 Å². The monoisotopic (exact) mass is 595 g/mol. The SMILES string of the molecule is CC[C@H](C)NC(=O)[C@@H](Cc1ccccc1)N(Cc1cccc(Cl)c1)C(=O)CCCN1C(=O)c2ccccc2S1(=O)=O. The van der Waals surface area contributed by atoms with E-state index in [4.69, 9.17) is 11.6 Å². The molecular weight excluding hydrogens is 562 g/mol. The lowest BCUT2D eigenvalue weighted by molar-refractivity contribution is -0.141. The number of sulfonamides is 1. The topological polar surface area (TPSA) is 104 Å². The van der Waals surface area contributed by atoms with Crippen LogP contribution in [0.2, 0.25) is 5.02 Å². The normalized spacial score (nSPS) is 15.2. The second-order valence-electron chi connectivity index (χ2n) is 10.2. The predicted octanol–water partition coefficient (Wildman–Crippen LogP) is 4.82. The quantitative estimate of drug-likeness (QED) is 0.323. The lowest BCUT2D eigenvalue weighted by Gasteiger charge is -2.32. The van der Waals surface area contributed by atoms with Crippen LogP contribution >= 0.6 is 11.6 Å². The van der Waals surface area contributed by atoms with E-state index in [1.165, 1.54) is 17.0 Å². The summed E-state index contributed by atoms with van der Waals surface area (Å²) in [7, 11) is -3.97. The van der Waals surface area contributed by atoms with Crippen LogP contribution in [0.1, 0.15) is 54.6 Å². The van der Waals surface area contributed by atoms with Gasteiger partial charge < -0.3 is 10.2 Å². The van der Waals surface area contributed by atoms with Crippen molar-refractivity contribution in [1.82, 2.24) is 14.5 Å². The smallest absolute Gasteiger partial charge is 0.269 e. The highest BCUT2D eigenvalue weighted by atomic mass is 35.5. The van der Waals surface area contributed by atoms with Crippen molar-refractivity contribution < 1.29 is 22.8 Å². The summed E-state index contributed by atoms with van der Waals surface area (Å²) in [4.78, 5) is 41.7. The van der Waals surface area contributed by atoms with E-state index in [9.17, 15) is 22.8 Å². The van der Waals surface area contributed by atoms with Crippen molar-refractivity contribution in [1.29, 1.82) is 0 Å². The first-order valence-corrected chi connectivity index (χ1v) is 15.5. The molecule has 4 rings (SSSR count). The Morgan fingerprint density at radius 3 is 2.34 bits per heavy atom. The van der Waals surface area contributed by atoms with Gasteiger partial charge in [-0.25, -0.2) is 12.7 Å². The third-order valence-corrected chi connectivity index (χ3v) is 9.25. The number of benzene rings is 3. The largest absolute Gasteiger partial charge is 0.352 e. The van der Waals surface area contributed by atoms with Crippen molar-refractivity contribution in [3.05, 3.63) is 101 Å². The number of halogens is 1. The van der Waals surface area contributed by atoms with Crippen molar-refractivity contribution in [2.24, 2.45) is 0 Å². The first-order chi connectivity index (χ1) is 19.6. The summed E-state index contributed by atoms with van der Waals surface area (Å²) in [6.45, 7) is 3.87. The Morgan fingerprint density at radius 2 is 1.66 bits per heavy atom. The lowest BCUT2D eigenvalue weighted by Crippen LogP contribution is -2.52. The van der Waals surface area contributed by atoms with E-state index in [0.717, 1.165) is 21.9 Å². The van der Waals surface area contributed by atoms with Gasteiger partial charge in [0.15, 0.2) is 0 Å². The molecule has 0 fully saturated rings. The second kappa shape index (κ2) is 13.3. The molecule has 3 aromatic rings. The molecule has 0 unspecified atom stereocenters. The van der Waals surface area contributed by atoms with Crippen LogP contribution in [0.5, 0.6) is 0 Å². The molecule has 1 heterocycles. The zero-order chi connectivity index (χ0) is 29.6. The van der Waals surface area contributed by atoms with Crippen molar-refractivity contribution in [3.63, 3.8) is 0 Å². The molecule has 10 heteroatoms. The third-order valence-electron chi connectivity index (χ3n) is 7.18. The fourth-order valence-corrected chi connectivity index (χ4v) is 6.62. The molecule has 0 aromatic heterocycles. The minimum Gasteiger partial charge on any atom is -0.352 e. The highest BCUT2D eigenvalue weighted by molar-refractivity contribution is 7.90. The van der Waals surface area contributed by atoms with E-state index in [1.807, 2.05) is 50.2 Å². The van der Waals surface area contributed by atoms with Crippen molar-refractivity contribution in [2.75, 3.05) is 6.54 Å². The van der Waals surface area contributed by atoms with Gasteiger partial charge in [-0.15, -0.1) is 0 Å². The molecule has 1 N–H and O–H groups in total. The number of amides is 3. The predicted molar refractivity (Wildman–Crippen MR) is 158 cm³/mol. The fraction of sp³-hybridized carbons (Fsp3) is 0.323. The second-order valence-corrected chi connectivity index (χ2v) is 12.4. The Kier molecular flexibility index (Phi) is 9.83. The van der Waals surface area contributed by atoms with Gasteiger partial charge in [-0.1, -0.05) is 73.1 Å². The lowest BCUT2D eigenvalue weighted by atomic mass is 10.0. The van der Waals surface area contributed by atoms with Gasteiger partial charge in [0.25, 0.3) is 15.9 Å². The van der Waals surface area contributed by atoms with Crippen molar-refractivity contribution in [2.45, 2.75) is 63.1 Å². The Bertz CT molecular complexity index is 1510. The molecule has 3 amide bonds. The number of nitrogens with one attached hydrogen (secondary N) is 1. The van der Waals surface area contributed by atoms with Gasteiger partial charge >= 0.3 is 0 Å². The van der Waals surface area contributed by atoms with Gasteiger partial charge in [-0.3, -0.25) is 14.4 Å². The number of hydrogen-bond acceptors (Lipinski definition) is 5. The van der Waals surface area contributed by atoms with Gasteiger partial charge in [-0.2, -0.15) is 0 Å². The zero-order valence-electron chi connectivity index (χ0n) is 23.1. The molecule has 3 aromatic carbocycles. The Hall–Kier alpha value is -3.69. The molecule has 216 valence electrons. The Morgan fingerprint density at radius 1 is 0.976 bits per heavy atom. The van der Waals surface area contributed by atoms with Crippen LogP contribution in [0, 0.1) is 0 Å². The molecule has 1 aliphatic rings. The Balaban J connectivity index is 1.57. The summed E-state index contributed by atoms with van der Waals surface area (Å²) >= 11 is 6.23. The molecule has 0 aliphatic carbocycles. The van der Waals surface area contributed by atoms with Gasteiger partial charge in [0.05, 0.1) is 5.56 Å². The van der Waals surface area contributed by atoms with Crippen molar-refractivity contribution >= 4 is 39.3 Å². The van der Waals surface area contributed by atoms with E-state index in [1.54, 1.807) is 30.3 Å². The molecule has 0 saturated carbocycles. The first-order valence-electron chi connectivity index (χ1n) is 13.7. The summed E-state index contributed by atoms with van der Waals surface area (Å²) in [5, 5.41) is 3.53. The molecule has 1 aliphatic heterocycles. The molecule has 0 saturated heterocycles. The number of fused-ring (bicyclic) bond motifs is 1. The highest BCUT2D eigenvalue weighted by Crippen LogP contribution is 2.30. The van der Waals surface area contributed by atoms with Crippen LogP contribution in [-0.4, -0.2) is 54.0 Å². The van der Waals surface area contributed by atoms with Crippen LogP contribution in [0.15, 0.2) is 83.8 Å². The highest BCUT2D eigenvalue weighted by Gasteiger charge is 2.40. The summed E-state index contributed by atoms with van der Waals surface area (Å²) in [6, 6.07) is 21.8. The van der Waals surface area contributed by atoms with Crippen LogP contribution in [0.4, 0.5) is 0 Å². The van der Waals surface area contributed by atoms with Gasteiger partial charge in [0.2, 0.25) is 11.8 Å². The summed E-state index contributed by atoms with van der Waals surface area (Å²) in [5.74, 6) is -1.20. The number of carbonyl (C=O) groups is 3. The molecule has 2 atom stereocenters. The number of hydrogen-bond donors (Lipinski definition) is 1. The van der Waals surface area contributed by atoms with E-state index >= 15 is 0 Å². The van der Waals surface area contributed by atoms with Crippen LogP contribution in [0.25, 0.3) is 0 Å². The van der Waals surface area contributed by atoms with Crippen LogP contribution in [-0.2, 0) is 32.6 Å². The average Bonchev–Trinajstić information content (AvgIpc) is 3.15. The molecular formula is C31H34ClN3O5S. The van der Waals surface area contributed by atoms with E-state index in [-0.39, 0.29) is 54.2 Å². The summed E-state index contributed by atoms with van der Waals surface area (Å²) in [6.07, 6.45) is 1.07. The minimum atomic E-state index is -3.97. The molecule has 8 nitrogen and oxygen atoms in total. The van der Waals surface area contributed by atoms with Gasteiger partial charge in [0, 0.05) is 37.0 Å². The number of carbonyl (C=O) groups excluding carboxylic acids is 3. The molecule has 0 spiro atoms. The molecule has 41 heavy (non-hydrogen) atoms. The van der Waals surface area contributed by atoms with Gasteiger partial charge in [-0.05, 0) is 55.2 Å². The van der Waals surface area contributed by atoms with Crippen LogP contribution in [0.3, 0.4) is 0 Å². The summed E-state index contributed by atoms with van der Waals surface area (Å²) < 4.78 is 26.7. The number of rotatable bonds is 12. The first kappa shape index (κ1) is 30.3. The summed E-state index contributed by atoms with van der Waals surface area (Å²) in [5.41, 5.74) is 1.78. The molecule has 0 radical (unpaired) electrons. The third kappa shape index (κ3) is 7.15. The average molecular weight is 596 g/mol. The van der Waals surface area contributed by atoms with Crippen LogP contribution < -0.4 is 5.32 Å². The number of nitrogens with zero attached hydrogens (tertiary/aromatic N) is 2. The maximum absolute atomic E-state index is 13.8. The Labute approximate surface area is 246 Å². The van der Waals surface area contributed by atoms with E-state index in [2.05, 4.69) is 5.32 Å². The van der Waals surface area contributed by atoms with E-state index < -0.39 is 22.0 Å². The maximum Gasteiger partial charge on any atom is 0.269 e. The fourth-order valence-electron chi connectivity index (χ4n) is 4.80. The zero-order valence-corrected chi connectivity index (χ0v) is 24.7.